The van der Waals surface area contributed by atoms with Crippen LogP contribution in [0, 0.1) is 0 Å². The molecule has 3 nitrogen and oxygen atoms in total. The van der Waals surface area contributed by atoms with Gasteiger partial charge in [-0.25, -0.2) is 0 Å². The molecule has 0 rings (SSSR count). The minimum absolute atomic E-state index is 0.0957. The van der Waals surface area contributed by atoms with Crippen LogP contribution in [-0.4, -0.2) is 46.6 Å². The van der Waals surface area contributed by atoms with Gasteiger partial charge in [-0.1, -0.05) is 0 Å². The molecule has 0 saturated carbocycles. The van der Waals surface area contributed by atoms with Crippen molar-refractivity contribution in [2.75, 3.05) is 24.7 Å². The minimum Gasteiger partial charge on any atom is -0.396 e. The van der Waals surface area contributed by atoms with Crippen LogP contribution >= 0.6 is 11.8 Å². The summed E-state index contributed by atoms with van der Waals surface area (Å²) >= 11 is 1.66. The van der Waals surface area contributed by atoms with E-state index in [1.54, 1.807) is 16.7 Å². The molecule has 78 valence electrons. The van der Waals surface area contributed by atoms with Gasteiger partial charge in [-0.3, -0.25) is 4.79 Å². The molecule has 0 bridgehead atoms. The van der Waals surface area contributed by atoms with Crippen molar-refractivity contribution in [2.24, 2.45) is 0 Å². The third-order valence-electron chi connectivity index (χ3n) is 1.70. The van der Waals surface area contributed by atoms with Crippen LogP contribution in [0.15, 0.2) is 0 Å². The lowest BCUT2D eigenvalue weighted by atomic mass is 10.1. The molecule has 4 heteroatoms. The van der Waals surface area contributed by atoms with E-state index < -0.39 is 0 Å². The van der Waals surface area contributed by atoms with Crippen molar-refractivity contribution >= 4 is 18.2 Å². The molecule has 13 heavy (non-hydrogen) atoms. The molecule has 0 aliphatic heterocycles. The summed E-state index contributed by atoms with van der Waals surface area (Å²) in [4.78, 5) is 12.5. The summed E-state index contributed by atoms with van der Waals surface area (Å²) in [5.41, 5.74) is -0.0957. The number of hydrogen-bond acceptors (Lipinski definition) is 3. The maximum atomic E-state index is 10.7. The average Bonchev–Trinajstić information content (AvgIpc) is 2.02. The summed E-state index contributed by atoms with van der Waals surface area (Å²) in [6.45, 7) is 6.99. The molecule has 1 N–H and O–H groups in total. The van der Waals surface area contributed by atoms with Crippen LogP contribution in [0.2, 0.25) is 0 Å². The Morgan fingerprint density at radius 3 is 2.38 bits per heavy atom. The van der Waals surface area contributed by atoms with Crippen LogP contribution < -0.4 is 0 Å². The largest absolute Gasteiger partial charge is 0.396 e. The highest BCUT2D eigenvalue weighted by Gasteiger charge is 2.18. The Kier molecular flexibility index (Phi) is 6.16. The van der Waals surface area contributed by atoms with E-state index in [2.05, 4.69) is 0 Å². The molecule has 0 atom stereocenters. The predicted molar refractivity (Wildman–Crippen MR) is 56.9 cm³/mol. The molecule has 0 aromatic rings. The summed E-state index contributed by atoms with van der Waals surface area (Å²) in [5, 5.41) is 8.54. The molecule has 1 amide bonds. The van der Waals surface area contributed by atoms with E-state index in [0.29, 0.717) is 0 Å². The number of aliphatic hydroxyl groups excluding tert-OH is 1. The molecule has 0 heterocycles. The molecule has 0 fully saturated rings. The fourth-order valence-corrected chi connectivity index (χ4v) is 1.53. The number of rotatable bonds is 6. The Balaban J connectivity index is 3.67. The number of amides is 1. The van der Waals surface area contributed by atoms with Gasteiger partial charge in [0.2, 0.25) is 6.41 Å². The molecule has 0 aromatic carbocycles. The Hall–Kier alpha value is -0.220. The lowest BCUT2D eigenvalue weighted by Gasteiger charge is -2.31. The fourth-order valence-electron chi connectivity index (χ4n) is 0.876. The molecule has 0 saturated heterocycles. The van der Waals surface area contributed by atoms with E-state index in [4.69, 9.17) is 5.11 Å². The SMILES string of the molecule is CC(C)(C)N(C=O)CCSCCO. The second-order valence-corrected chi connectivity index (χ2v) is 5.03. The van der Waals surface area contributed by atoms with Gasteiger partial charge in [0.15, 0.2) is 0 Å². The Morgan fingerprint density at radius 2 is 2.00 bits per heavy atom. The lowest BCUT2D eigenvalue weighted by Crippen LogP contribution is -2.41. The minimum atomic E-state index is -0.0957. The first-order valence-corrected chi connectivity index (χ1v) is 5.58. The molecule has 0 aliphatic rings. The first kappa shape index (κ1) is 12.8. The molecular weight excluding hydrogens is 186 g/mol. The summed E-state index contributed by atoms with van der Waals surface area (Å²) in [6.07, 6.45) is 0.888. The van der Waals surface area contributed by atoms with E-state index in [0.717, 1.165) is 24.5 Å². The second kappa shape index (κ2) is 6.27. The zero-order chi connectivity index (χ0) is 10.3. The molecule has 0 aliphatic carbocycles. The van der Waals surface area contributed by atoms with Gasteiger partial charge in [0, 0.05) is 23.6 Å². The number of carbonyl (C=O) groups excluding carboxylic acids is 1. The molecular formula is C9H19NO2S. The van der Waals surface area contributed by atoms with Gasteiger partial charge in [-0.15, -0.1) is 0 Å². The number of thioether (sulfide) groups is 1. The Morgan fingerprint density at radius 1 is 1.38 bits per heavy atom. The summed E-state index contributed by atoms with van der Waals surface area (Å²) in [6, 6.07) is 0. The maximum Gasteiger partial charge on any atom is 0.210 e. The number of aliphatic hydroxyl groups is 1. The van der Waals surface area contributed by atoms with E-state index >= 15 is 0 Å². The average molecular weight is 205 g/mol. The van der Waals surface area contributed by atoms with Gasteiger partial charge in [0.1, 0.15) is 0 Å². The van der Waals surface area contributed by atoms with Crippen molar-refractivity contribution in [3.8, 4) is 0 Å². The first-order valence-electron chi connectivity index (χ1n) is 4.43. The van der Waals surface area contributed by atoms with Crippen LogP contribution in [-0.2, 0) is 4.79 Å². The first-order chi connectivity index (χ1) is 6.02. The Labute approximate surface area is 84.5 Å². The van der Waals surface area contributed by atoms with Crippen molar-refractivity contribution in [2.45, 2.75) is 26.3 Å². The van der Waals surface area contributed by atoms with Gasteiger partial charge in [0.25, 0.3) is 0 Å². The lowest BCUT2D eigenvalue weighted by molar-refractivity contribution is -0.121. The standard InChI is InChI=1S/C9H19NO2S/c1-9(2,3)10(8-12)4-6-13-7-5-11/h8,11H,4-7H2,1-3H3. The summed E-state index contributed by atoms with van der Waals surface area (Å²) in [5.74, 6) is 1.63. The maximum absolute atomic E-state index is 10.7. The van der Waals surface area contributed by atoms with Crippen LogP contribution in [0.1, 0.15) is 20.8 Å². The normalized spacial score (nSPS) is 11.4. The second-order valence-electron chi connectivity index (χ2n) is 3.81. The third-order valence-corrected chi connectivity index (χ3v) is 2.64. The zero-order valence-electron chi connectivity index (χ0n) is 8.62. The number of hydrogen-bond donors (Lipinski definition) is 1. The van der Waals surface area contributed by atoms with Crippen molar-refractivity contribution in [3.05, 3.63) is 0 Å². The highest BCUT2D eigenvalue weighted by atomic mass is 32.2. The molecule has 0 aromatic heterocycles. The number of nitrogens with zero attached hydrogens (tertiary/aromatic N) is 1. The van der Waals surface area contributed by atoms with Crippen LogP contribution in [0.25, 0.3) is 0 Å². The molecule has 0 radical (unpaired) electrons. The van der Waals surface area contributed by atoms with Gasteiger partial charge in [0.05, 0.1) is 6.61 Å². The van der Waals surface area contributed by atoms with Crippen LogP contribution in [0.5, 0.6) is 0 Å². The van der Waals surface area contributed by atoms with Crippen molar-refractivity contribution in [1.82, 2.24) is 4.90 Å². The van der Waals surface area contributed by atoms with Crippen LogP contribution in [0.4, 0.5) is 0 Å². The van der Waals surface area contributed by atoms with Gasteiger partial charge in [-0.05, 0) is 20.8 Å². The highest BCUT2D eigenvalue weighted by Crippen LogP contribution is 2.11. The van der Waals surface area contributed by atoms with E-state index in [9.17, 15) is 4.79 Å². The zero-order valence-corrected chi connectivity index (χ0v) is 9.43. The monoisotopic (exact) mass is 205 g/mol. The number of carbonyl (C=O) groups is 1. The summed E-state index contributed by atoms with van der Waals surface area (Å²) < 4.78 is 0. The predicted octanol–water partition coefficient (Wildman–Crippen LogP) is 0.969. The fraction of sp³-hybridized carbons (Fsp3) is 0.889. The third kappa shape index (κ3) is 5.93. The topological polar surface area (TPSA) is 40.5 Å². The molecule has 0 spiro atoms. The van der Waals surface area contributed by atoms with E-state index in [-0.39, 0.29) is 12.1 Å². The van der Waals surface area contributed by atoms with Gasteiger partial charge >= 0.3 is 0 Å². The van der Waals surface area contributed by atoms with Crippen molar-refractivity contribution < 1.29 is 9.90 Å². The van der Waals surface area contributed by atoms with Gasteiger partial charge in [-0.2, -0.15) is 11.8 Å². The highest BCUT2D eigenvalue weighted by molar-refractivity contribution is 7.99. The quantitative estimate of drug-likeness (QED) is 0.519. The van der Waals surface area contributed by atoms with Crippen molar-refractivity contribution in [3.63, 3.8) is 0 Å². The van der Waals surface area contributed by atoms with E-state index in [1.165, 1.54) is 0 Å². The molecule has 0 unspecified atom stereocenters. The smallest absolute Gasteiger partial charge is 0.210 e. The van der Waals surface area contributed by atoms with E-state index in [1.807, 2.05) is 20.8 Å². The summed E-state index contributed by atoms with van der Waals surface area (Å²) in [7, 11) is 0. The van der Waals surface area contributed by atoms with Crippen LogP contribution in [0.3, 0.4) is 0 Å². The van der Waals surface area contributed by atoms with Crippen molar-refractivity contribution in [1.29, 1.82) is 0 Å². The Bertz CT molecular complexity index is 145. The van der Waals surface area contributed by atoms with Gasteiger partial charge < -0.3 is 10.0 Å².